The molecule has 1 heterocycles. The van der Waals surface area contributed by atoms with Crippen molar-refractivity contribution >= 4 is 12.6 Å². The summed E-state index contributed by atoms with van der Waals surface area (Å²) < 4.78 is 1.62. The van der Waals surface area contributed by atoms with Gasteiger partial charge in [0.25, 0.3) is 0 Å². The minimum atomic E-state index is 0.0737. The van der Waals surface area contributed by atoms with Crippen LogP contribution in [0.25, 0.3) is 0 Å². The van der Waals surface area contributed by atoms with Crippen LogP contribution >= 0.6 is 0 Å². The predicted octanol–water partition coefficient (Wildman–Crippen LogP) is 0.340. The number of carbonyl (C=O) groups is 1. The molecule has 0 N–H and O–H groups in total. The number of hydrogen-bond donors (Lipinski definition) is 0. The molecule has 1 saturated heterocycles. The highest BCUT2D eigenvalue weighted by Crippen LogP contribution is 2.11. The van der Waals surface area contributed by atoms with Gasteiger partial charge in [0.1, 0.15) is 6.72 Å². The van der Waals surface area contributed by atoms with Crippen LogP contribution in [0.5, 0.6) is 0 Å². The lowest BCUT2D eigenvalue weighted by molar-refractivity contribution is -0.484. The second-order valence-electron chi connectivity index (χ2n) is 3.52. The zero-order chi connectivity index (χ0) is 9.14. The second kappa shape index (κ2) is 3.81. The van der Waals surface area contributed by atoms with Crippen LogP contribution in [0.1, 0.15) is 19.8 Å². The van der Waals surface area contributed by atoms with Gasteiger partial charge < -0.3 is 4.90 Å². The van der Waals surface area contributed by atoms with Crippen molar-refractivity contribution in [2.45, 2.75) is 25.8 Å². The molecule has 0 spiro atoms. The van der Waals surface area contributed by atoms with Crippen LogP contribution in [0.4, 0.5) is 0 Å². The molecule has 1 rings (SSSR count). The van der Waals surface area contributed by atoms with Crippen LogP contribution in [0, 0.1) is 0 Å². The van der Waals surface area contributed by atoms with E-state index < -0.39 is 0 Å². The first-order valence-corrected chi connectivity index (χ1v) is 4.40. The smallest absolute Gasteiger partial charge is 0.306 e. The van der Waals surface area contributed by atoms with Gasteiger partial charge in [-0.25, -0.2) is 4.79 Å². The van der Waals surface area contributed by atoms with E-state index >= 15 is 0 Å². The Hall–Kier alpha value is -0.700. The zero-order valence-corrected chi connectivity index (χ0v) is 7.92. The molecular weight excluding hydrogens is 152 g/mol. The van der Waals surface area contributed by atoms with E-state index in [2.05, 4.69) is 18.7 Å². The highest BCUT2D eigenvalue weighted by atomic mass is 16.1. The Morgan fingerprint density at radius 2 is 2.00 bits per heavy atom. The van der Waals surface area contributed by atoms with Gasteiger partial charge in [0, 0.05) is 25.9 Å². The molecule has 0 aromatic carbocycles. The molecule has 0 aromatic rings. The fourth-order valence-corrected chi connectivity index (χ4v) is 1.56. The second-order valence-corrected chi connectivity index (χ2v) is 3.52. The molecule has 0 unspecified atom stereocenters. The third-order valence-corrected chi connectivity index (χ3v) is 2.53. The molecule has 1 aliphatic heterocycles. The number of rotatable bonds is 1. The number of piperidine rings is 1. The van der Waals surface area contributed by atoms with E-state index in [1.54, 1.807) is 11.5 Å². The minimum Gasteiger partial charge on any atom is -0.306 e. The highest BCUT2D eigenvalue weighted by Gasteiger charge is 2.26. The van der Waals surface area contributed by atoms with Crippen LogP contribution in [0.2, 0.25) is 0 Å². The van der Waals surface area contributed by atoms with Gasteiger partial charge in [-0.3, -0.25) is 0 Å². The summed E-state index contributed by atoms with van der Waals surface area (Å²) in [5.74, 6) is 0.0737. The van der Waals surface area contributed by atoms with Crippen molar-refractivity contribution in [3.8, 4) is 0 Å². The first-order valence-electron chi connectivity index (χ1n) is 4.40. The Bertz CT molecular complexity index is 193. The predicted molar refractivity (Wildman–Crippen MR) is 48.6 cm³/mol. The third kappa shape index (κ3) is 2.14. The Kier molecular flexibility index (Phi) is 2.98. The quantitative estimate of drug-likeness (QED) is 0.417. The summed E-state index contributed by atoms with van der Waals surface area (Å²) in [5.41, 5.74) is 0. The fraction of sp³-hybridized carbons (Fsp3) is 0.778. The summed E-state index contributed by atoms with van der Waals surface area (Å²) in [4.78, 5) is 13.3. The van der Waals surface area contributed by atoms with Gasteiger partial charge in [-0.1, -0.05) is 0 Å². The van der Waals surface area contributed by atoms with Gasteiger partial charge in [0.15, 0.2) is 6.04 Å². The van der Waals surface area contributed by atoms with Crippen molar-refractivity contribution in [2.24, 2.45) is 0 Å². The van der Waals surface area contributed by atoms with E-state index in [0.29, 0.717) is 6.04 Å². The van der Waals surface area contributed by atoms with Crippen LogP contribution < -0.4 is 0 Å². The van der Waals surface area contributed by atoms with E-state index in [4.69, 9.17) is 0 Å². The third-order valence-electron chi connectivity index (χ3n) is 2.53. The van der Waals surface area contributed by atoms with Crippen LogP contribution in [-0.4, -0.2) is 48.3 Å². The molecule has 1 amide bonds. The van der Waals surface area contributed by atoms with Gasteiger partial charge in [0.2, 0.25) is 0 Å². The molecule has 1 aliphatic rings. The molecule has 3 nitrogen and oxygen atoms in total. The van der Waals surface area contributed by atoms with Gasteiger partial charge in [-0.2, -0.15) is 4.58 Å². The Morgan fingerprint density at radius 1 is 1.50 bits per heavy atom. The first-order chi connectivity index (χ1) is 5.61. The van der Waals surface area contributed by atoms with Crippen LogP contribution in [0.15, 0.2) is 0 Å². The van der Waals surface area contributed by atoms with E-state index in [1.807, 2.05) is 0 Å². The van der Waals surface area contributed by atoms with E-state index in [-0.39, 0.29) is 5.91 Å². The fourth-order valence-electron chi connectivity index (χ4n) is 1.56. The van der Waals surface area contributed by atoms with Crippen molar-refractivity contribution in [3.63, 3.8) is 0 Å². The maximum atomic E-state index is 11.0. The van der Waals surface area contributed by atoms with Gasteiger partial charge in [0.05, 0.1) is 6.92 Å². The van der Waals surface area contributed by atoms with E-state index in [0.717, 1.165) is 25.9 Å². The van der Waals surface area contributed by atoms with Crippen LogP contribution in [-0.2, 0) is 4.79 Å². The number of hydrogen-bond acceptors (Lipinski definition) is 2. The lowest BCUT2D eigenvalue weighted by Gasteiger charge is -2.25. The first kappa shape index (κ1) is 9.39. The molecule has 0 aromatic heterocycles. The highest BCUT2D eigenvalue weighted by molar-refractivity contribution is 5.65. The largest absolute Gasteiger partial charge is 0.383 e. The minimum absolute atomic E-state index is 0.0737. The lowest BCUT2D eigenvalue weighted by Crippen LogP contribution is -2.40. The molecule has 3 heteroatoms. The average molecular weight is 169 g/mol. The summed E-state index contributed by atoms with van der Waals surface area (Å²) in [6.45, 7) is 7.47. The van der Waals surface area contributed by atoms with Crippen LogP contribution in [0.3, 0.4) is 0 Å². The molecule has 12 heavy (non-hydrogen) atoms. The standard InChI is InChI=1S/C9H17N2O/c1-8(12)11(3)9-4-6-10(2)7-5-9/h9H,3-7H2,1-2H3/q+1. The van der Waals surface area contributed by atoms with Crippen molar-refractivity contribution in [2.75, 3.05) is 20.1 Å². The molecule has 68 valence electrons. The van der Waals surface area contributed by atoms with Crippen molar-refractivity contribution in [1.82, 2.24) is 4.90 Å². The normalized spacial score (nSPS) is 20.8. The van der Waals surface area contributed by atoms with Crippen molar-refractivity contribution in [1.29, 1.82) is 0 Å². The Labute approximate surface area is 73.7 Å². The van der Waals surface area contributed by atoms with E-state index in [1.165, 1.54) is 0 Å². The number of carbonyl (C=O) groups excluding carboxylic acids is 1. The summed E-state index contributed by atoms with van der Waals surface area (Å²) in [6, 6.07) is 0.360. The molecular formula is C9H17N2O+. The Balaban J connectivity index is 2.44. The van der Waals surface area contributed by atoms with Gasteiger partial charge >= 0.3 is 5.91 Å². The molecule has 0 atom stereocenters. The molecule has 0 saturated carbocycles. The molecule has 1 fully saturated rings. The topological polar surface area (TPSA) is 23.3 Å². The number of amides is 1. The van der Waals surface area contributed by atoms with Gasteiger partial charge in [-0.05, 0) is 7.05 Å². The maximum Gasteiger partial charge on any atom is 0.383 e. The Morgan fingerprint density at radius 3 is 2.42 bits per heavy atom. The van der Waals surface area contributed by atoms with E-state index in [9.17, 15) is 4.79 Å². The molecule has 0 bridgehead atoms. The summed E-state index contributed by atoms with van der Waals surface area (Å²) in [6.07, 6.45) is 2.11. The summed E-state index contributed by atoms with van der Waals surface area (Å²) in [5, 5.41) is 0. The summed E-state index contributed by atoms with van der Waals surface area (Å²) >= 11 is 0. The van der Waals surface area contributed by atoms with Gasteiger partial charge in [-0.15, -0.1) is 0 Å². The maximum absolute atomic E-state index is 11.0. The van der Waals surface area contributed by atoms with Crippen molar-refractivity contribution in [3.05, 3.63) is 0 Å². The molecule has 0 aliphatic carbocycles. The molecule has 0 radical (unpaired) electrons. The number of nitrogens with zero attached hydrogens (tertiary/aromatic N) is 2. The zero-order valence-electron chi connectivity index (χ0n) is 7.92. The average Bonchev–Trinajstić information content (AvgIpc) is 2.04. The summed E-state index contributed by atoms with van der Waals surface area (Å²) in [7, 11) is 2.11. The lowest BCUT2D eigenvalue weighted by atomic mass is 10.1. The van der Waals surface area contributed by atoms with Crippen molar-refractivity contribution < 1.29 is 9.37 Å². The monoisotopic (exact) mass is 169 g/mol. The number of likely N-dealkylation sites (tertiary alicyclic amines) is 1. The SMILES string of the molecule is C=[N+](C(C)=O)C1CCN(C)CC1.